The van der Waals surface area contributed by atoms with Crippen molar-refractivity contribution in [3.8, 4) is 23.1 Å². The molecule has 3 aliphatic rings. The number of halogens is 1. The van der Waals surface area contributed by atoms with Gasteiger partial charge in [0.05, 0.1) is 37.0 Å². The van der Waals surface area contributed by atoms with Crippen LogP contribution in [0.1, 0.15) is 67.1 Å². The largest absolute Gasteiger partial charge is 0.489 e. The highest BCUT2D eigenvalue weighted by atomic mass is 35.5. The molecule has 0 saturated carbocycles. The van der Waals surface area contributed by atoms with Gasteiger partial charge in [0, 0.05) is 65.9 Å². The molecule has 5 aromatic carbocycles. The second kappa shape index (κ2) is 19.5. The van der Waals surface area contributed by atoms with Gasteiger partial charge in [0.2, 0.25) is 0 Å². The van der Waals surface area contributed by atoms with E-state index in [9.17, 15) is 10.1 Å². The van der Waals surface area contributed by atoms with Gasteiger partial charge in [-0.05, 0) is 110 Å². The van der Waals surface area contributed by atoms with E-state index in [4.69, 9.17) is 21.1 Å². The molecule has 310 valence electrons. The summed E-state index contributed by atoms with van der Waals surface area (Å²) < 4.78 is 13.4. The minimum absolute atomic E-state index is 0.0558. The van der Waals surface area contributed by atoms with Crippen molar-refractivity contribution in [2.24, 2.45) is 0 Å². The van der Waals surface area contributed by atoms with Crippen LogP contribution in [-0.2, 0) is 43.8 Å². The molecule has 9 rings (SSSR count). The number of carbonyl (C=O) groups excluding carboxylic acids is 2. The maximum atomic E-state index is 15.0. The molecule has 10 heteroatoms. The molecule has 61 heavy (non-hydrogen) atoms. The van der Waals surface area contributed by atoms with Gasteiger partial charge in [-0.3, -0.25) is 9.59 Å². The predicted octanol–water partition coefficient (Wildman–Crippen LogP) is 9.59. The highest BCUT2D eigenvalue weighted by molar-refractivity contribution is 6.31. The number of carbonyl (C=O) groups is 2. The lowest BCUT2D eigenvalue weighted by atomic mass is 9.97. The Morgan fingerprint density at radius 2 is 1.52 bits per heavy atom. The molecule has 0 spiro atoms. The molecule has 0 bridgehead atoms. The maximum Gasteiger partial charge on any atom is 0.260 e. The van der Waals surface area contributed by atoms with Gasteiger partial charge in [0.15, 0.2) is 0 Å². The highest BCUT2D eigenvalue weighted by Crippen LogP contribution is 2.37. The molecule has 9 nitrogen and oxygen atoms in total. The Morgan fingerprint density at radius 1 is 0.787 bits per heavy atom. The summed E-state index contributed by atoms with van der Waals surface area (Å²) in [6, 6.07) is 42.8. The molecule has 1 aromatic heterocycles. The van der Waals surface area contributed by atoms with Crippen LogP contribution in [0.4, 0.5) is 5.69 Å². The number of anilines is 1. The van der Waals surface area contributed by atoms with Gasteiger partial charge in [-0.25, -0.2) is 0 Å². The molecule has 0 unspecified atom stereocenters. The van der Waals surface area contributed by atoms with Crippen molar-refractivity contribution in [1.29, 1.82) is 5.26 Å². The zero-order chi connectivity index (χ0) is 42.1. The van der Waals surface area contributed by atoms with Gasteiger partial charge in [-0.15, -0.1) is 0 Å². The number of hydrogen-bond donors (Lipinski definition) is 0. The number of fused-ring (bicyclic) bond motifs is 2. The first-order valence-corrected chi connectivity index (χ1v) is 21.5. The van der Waals surface area contributed by atoms with Crippen LogP contribution in [0.25, 0.3) is 11.3 Å². The van der Waals surface area contributed by atoms with E-state index in [-0.39, 0.29) is 18.4 Å². The van der Waals surface area contributed by atoms with Crippen LogP contribution in [-0.4, -0.2) is 66.1 Å². The third kappa shape index (κ3) is 9.74. The number of likely N-dealkylation sites (N-methyl/N-ethyl adjacent to an activating group) is 1. The first-order valence-electron chi connectivity index (χ1n) is 21.1. The van der Waals surface area contributed by atoms with Crippen LogP contribution in [0.5, 0.6) is 5.75 Å². The van der Waals surface area contributed by atoms with Gasteiger partial charge in [-0.2, -0.15) is 5.26 Å². The van der Waals surface area contributed by atoms with E-state index in [1.54, 1.807) is 17.0 Å². The smallest absolute Gasteiger partial charge is 0.260 e. The van der Waals surface area contributed by atoms with E-state index in [1.807, 2.05) is 108 Å². The number of nitriles is 1. The summed E-state index contributed by atoms with van der Waals surface area (Å²) in [4.78, 5) is 35.2. The number of ether oxygens (including phenoxy) is 2. The summed E-state index contributed by atoms with van der Waals surface area (Å²) in [6.07, 6.45) is 3.43. The quantitative estimate of drug-likeness (QED) is 0.144. The van der Waals surface area contributed by atoms with E-state index in [2.05, 4.69) is 34.7 Å². The van der Waals surface area contributed by atoms with Gasteiger partial charge in [0.25, 0.3) is 11.8 Å². The molecule has 1 saturated heterocycles. The predicted molar refractivity (Wildman–Crippen MR) is 240 cm³/mol. The Balaban J connectivity index is 0.000000668. The summed E-state index contributed by atoms with van der Waals surface area (Å²) in [7, 11) is 2.11. The van der Waals surface area contributed by atoms with Crippen LogP contribution in [0.3, 0.4) is 0 Å². The Hall–Kier alpha value is -6.18. The fraction of sp³-hybridized carbons (Fsp3) is 0.275. The Labute approximate surface area is 363 Å². The normalized spacial score (nSPS) is 14.7. The van der Waals surface area contributed by atoms with Gasteiger partial charge in [0.1, 0.15) is 12.4 Å². The Bertz CT molecular complexity index is 2520. The number of nitrogens with zero attached hydrogens (tertiary/aromatic N) is 5. The van der Waals surface area contributed by atoms with E-state index in [0.29, 0.717) is 52.8 Å². The van der Waals surface area contributed by atoms with Crippen LogP contribution < -0.4 is 9.64 Å². The van der Waals surface area contributed by atoms with Gasteiger partial charge < -0.3 is 28.7 Å². The summed E-state index contributed by atoms with van der Waals surface area (Å²) in [5.41, 5.74) is 9.04. The zero-order valence-corrected chi connectivity index (χ0v) is 35.3. The molecule has 0 radical (unpaired) electrons. The molecule has 1 fully saturated rings. The standard InChI is InChI=1S/C46H39ClN4O3.C5H11NO/c47-37-17-22-40(45(52)49-25-23-33-12-4-6-14-35(33)29-49)41(26-37)44-27-42(43-16-8-9-24-50(43)44)46(53)51(30-36-15-7-5-13-34(36)28-48)38-18-20-39(21-19-38)54-31-32-10-2-1-3-11-32;1-6-2-4-7-5-3-6/h1-7,10-15,17-22,26-27H,8-9,16,23-25,29-31H2;2-5H2,1H3. The average molecular weight is 832 g/mol. The Kier molecular flexibility index (Phi) is 13.3. The minimum atomic E-state index is -0.180. The second-order valence-electron chi connectivity index (χ2n) is 15.8. The van der Waals surface area contributed by atoms with Crippen molar-refractivity contribution in [2.45, 2.75) is 51.9 Å². The van der Waals surface area contributed by atoms with Crippen LogP contribution in [0.15, 0.2) is 127 Å². The number of rotatable bonds is 9. The first kappa shape index (κ1) is 41.5. The monoisotopic (exact) mass is 831 g/mol. The number of amides is 2. The van der Waals surface area contributed by atoms with E-state index in [0.717, 1.165) is 92.2 Å². The third-order valence-electron chi connectivity index (χ3n) is 11.7. The zero-order valence-electron chi connectivity index (χ0n) is 34.6. The van der Waals surface area contributed by atoms with Gasteiger partial charge in [-0.1, -0.05) is 84.4 Å². The molecule has 2 amide bonds. The average Bonchev–Trinajstić information content (AvgIpc) is 3.70. The van der Waals surface area contributed by atoms with Crippen LogP contribution in [0.2, 0.25) is 5.02 Å². The molecule has 0 atom stereocenters. The summed E-state index contributed by atoms with van der Waals surface area (Å²) >= 11 is 6.65. The number of morpholine rings is 1. The maximum absolute atomic E-state index is 15.0. The summed E-state index contributed by atoms with van der Waals surface area (Å²) in [5, 5.41) is 10.5. The molecule has 3 aliphatic heterocycles. The lowest BCUT2D eigenvalue weighted by molar-refractivity contribution is 0.0503. The Morgan fingerprint density at radius 3 is 2.28 bits per heavy atom. The van der Waals surface area contributed by atoms with Crippen LogP contribution in [0, 0.1) is 11.3 Å². The molecule has 6 aromatic rings. The molecule has 4 heterocycles. The van der Waals surface area contributed by atoms with E-state index < -0.39 is 0 Å². The highest BCUT2D eigenvalue weighted by Gasteiger charge is 2.31. The minimum Gasteiger partial charge on any atom is -0.489 e. The fourth-order valence-electron chi connectivity index (χ4n) is 8.32. The third-order valence-corrected chi connectivity index (χ3v) is 12.0. The fourth-order valence-corrected chi connectivity index (χ4v) is 8.49. The lowest BCUT2D eigenvalue weighted by Crippen LogP contribution is -2.36. The van der Waals surface area contributed by atoms with E-state index in [1.165, 1.54) is 5.56 Å². The van der Waals surface area contributed by atoms with Crippen molar-refractivity contribution >= 4 is 29.1 Å². The van der Waals surface area contributed by atoms with Gasteiger partial charge >= 0.3 is 0 Å². The summed E-state index contributed by atoms with van der Waals surface area (Å²) in [5.74, 6) is 0.450. The molecule has 0 aliphatic carbocycles. The molecular weight excluding hydrogens is 782 g/mol. The SMILES string of the molecule is CN1CCOCC1.N#Cc1ccccc1CN(C(=O)c1cc(-c2cc(Cl)ccc2C(=O)N2CCc3ccccc3C2)n2c1CCCC2)c1ccc(OCc2ccccc2)cc1. The first-order chi connectivity index (χ1) is 29.9. The second-order valence-corrected chi connectivity index (χ2v) is 16.2. The van der Waals surface area contributed by atoms with Crippen molar-refractivity contribution < 1.29 is 19.1 Å². The molecule has 0 N–H and O–H groups in total. The molecular formula is C51H50ClN5O4. The summed E-state index contributed by atoms with van der Waals surface area (Å²) in [6.45, 7) is 6.54. The number of aromatic nitrogens is 1. The van der Waals surface area contributed by atoms with Crippen molar-refractivity contribution in [3.05, 3.63) is 177 Å². The van der Waals surface area contributed by atoms with Crippen molar-refractivity contribution in [3.63, 3.8) is 0 Å². The number of hydrogen-bond acceptors (Lipinski definition) is 6. The number of benzene rings is 5. The van der Waals surface area contributed by atoms with Crippen molar-refractivity contribution in [2.75, 3.05) is 44.8 Å². The van der Waals surface area contributed by atoms with Crippen LogP contribution >= 0.6 is 11.6 Å². The van der Waals surface area contributed by atoms with E-state index >= 15 is 4.79 Å². The lowest BCUT2D eigenvalue weighted by Gasteiger charge is -2.30. The topological polar surface area (TPSA) is 91.0 Å². The van der Waals surface area contributed by atoms with Crippen molar-refractivity contribution in [1.82, 2.24) is 14.4 Å².